The lowest BCUT2D eigenvalue weighted by Crippen LogP contribution is -2.05. The fraction of sp³-hybridized carbons (Fsp3) is 0.333. The first-order valence-electron chi connectivity index (χ1n) is 6.35. The Bertz CT molecular complexity index is 643. The average Bonchev–Trinajstić information content (AvgIpc) is 2.88. The largest absolute Gasteiger partial charge is 0.496 e. The number of rotatable bonds is 4. The number of hydrogen-bond donors (Lipinski definition) is 1. The van der Waals surface area contributed by atoms with Gasteiger partial charge in [0.05, 0.1) is 29.5 Å². The number of ether oxygens (including phenoxy) is 1. The number of H-pyrrole nitrogens is 1. The van der Waals surface area contributed by atoms with Gasteiger partial charge in [-0.05, 0) is 40.0 Å². The molecule has 20 heavy (non-hydrogen) atoms. The second-order valence-electron chi connectivity index (χ2n) is 4.88. The van der Waals surface area contributed by atoms with E-state index in [2.05, 4.69) is 32.0 Å². The van der Waals surface area contributed by atoms with Crippen LogP contribution in [-0.2, 0) is 0 Å². The molecule has 2 aromatic rings. The van der Waals surface area contributed by atoms with Gasteiger partial charge in [-0.15, -0.1) is 0 Å². The van der Waals surface area contributed by atoms with E-state index in [0.717, 1.165) is 21.5 Å². The van der Waals surface area contributed by atoms with Crippen LogP contribution in [0.1, 0.15) is 25.6 Å². The lowest BCUT2D eigenvalue weighted by molar-refractivity contribution is 0.412. The molecule has 0 radical (unpaired) electrons. The summed E-state index contributed by atoms with van der Waals surface area (Å²) < 4.78 is 6.10. The Labute approximate surface area is 126 Å². The van der Waals surface area contributed by atoms with E-state index in [4.69, 9.17) is 4.74 Å². The number of nitrogens with one attached hydrogen (secondary N) is 1. The van der Waals surface area contributed by atoms with Crippen LogP contribution in [0.3, 0.4) is 0 Å². The molecule has 0 aliphatic carbocycles. The minimum atomic E-state index is -0.217. The van der Waals surface area contributed by atoms with Crippen molar-refractivity contribution in [3.8, 4) is 23.1 Å². The Morgan fingerprint density at radius 1 is 1.40 bits per heavy atom. The van der Waals surface area contributed by atoms with Crippen LogP contribution >= 0.6 is 15.9 Å². The van der Waals surface area contributed by atoms with E-state index < -0.39 is 0 Å². The molecule has 104 valence electrons. The lowest BCUT2D eigenvalue weighted by atomic mass is 9.97. The Hall–Kier alpha value is -1.80. The maximum absolute atomic E-state index is 9.21. The van der Waals surface area contributed by atoms with Crippen molar-refractivity contribution in [3.63, 3.8) is 0 Å². The maximum Gasteiger partial charge on any atom is 0.133 e. The molecule has 0 fully saturated rings. The average molecular weight is 334 g/mol. The third-order valence-electron chi connectivity index (χ3n) is 3.16. The normalized spacial score (nSPS) is 12.2. The van der Waals surface area contributed by atoms with E-state index in [0.29, 0.717) is 5.82 Å². The first kappa shape index (κ1) is 14.6. The van der Waals surface area contributed by atoms with Crippen LogP contribution in [0.2, 0.25) is 0 Å². The minimum absolute atomic E-state index is 0.217. The summed E-state index contributed by atoms with van der Waals surface area (Å²) in [5.74, 6) is 1.50. The van der Waals surface area contributed by atoms with Crippen LogP contribution in [0.15, 0.2) is 28.9 Å². The van der Waals surface area contributed by atoms with Crippen LogP contribution in [0, 0.1) is 17.2 Å². The predicted octanol–water partition coefficient (Wildman–Crippen LogP) is 4.11. The Morgan fingerprint density at radius 3 is 2.70 bits per heavy atom. The SMILES string of the molecule is COc1ccc(-c2cnc(C(C#N)C(C)C)[nH]2)cc1Br. The quantitative estimate of drug-likeness (QED) is 0.915. The van der Waals surface area contributed by atoms with Gasteiger partial charge in [0, 0.05) is 5.56 Å². The summed E-state index contributed by atoms with van der Waals surface area (Å²) >= 11 is 3.47. The Morgan fingerprint density at radius 2 is 2.15 bits per heavy atom. The third-order valence-corrected chi connectivity index (χ3v) is 3.78. The highest BCUT2D eigenvalue weighted by molar-refractivity contribution is 9.10. The molecule has 0 saturated heterocycles. The van der Waals surface area contributed by atoms with Gasteiger partial charge in [0.25, 0.3) is 0 Å². The molecule has 1 aromatic heterocycles. The van der Waals surface area contributed by atoms with Crippen molar-refractivity contribution in [2.75, 3.05) is 7.11 Å². The Balaban J connectivity index is 2.34. The van der Waals surface area contributed by atoms with E-state index in [-0.39, 0.29) is 11.8 Å². The standard InChI is InChI=1S/C15H16BrN3O/c1-9(2)11(7-17)15-18-8-13(19-15)10-4-5-14(20-3)12(16)6-10/h4-6,8-9,11H,1-3H3,(H,18,19). The fourth-order valence-corrected chi connectivity index (χ4v) is 2.54. The molecule has 1 aromatic carbocycles. The number of aromatic nitrogens is 2. The predicted molar refractivity (Wildman–Crippen MR) is 81.5 cm³/mol. The van der Waals surface area contributed by atoms with Crippen LogP contribution in [0.25, 0.3) is 11.3 Å². The summed E-state index contributed by atoms with van der Waals surface area (Å²) in [4.78, 5) is 7.56. The highest BCUT2D eigenvalue weighted by atomic mass is 79.9. The van der Waals surface area contributed by atoms with E-state index in [1.807, 2.05) is 32.0 Å². The molecule has 0 amide bonds. The molecular formula is C15H16BrN3O. The third kappa shape index (κ3) is 2.86. The van der Waals surface area contributed by atoms with Crippen molar-refractivity contribution >= 4 is 15.9 Å². The van der Waals surface area contributed by atoms with Gasteiger partial charge in [0.15, 0.2) is 0 Å². The Kier molecular flexibility index (Phi) is 4.46. The molecule has 5 heteroatoms. The van der Waals surface area contributed by atoms with Crippen LogP contribution < -0.4 is 4.74 Å². The van der Waals surface area contributed by atoms with E-state index >= 15 is 0 Å². The maximum atomic E-state index is 9.21. The first-order valence-corrected chi connectivity index (χ1v) is 7.14. The van der Waals surface area contributed by atoms with Gasteiger partial charge in [0.2, 0.25) is 0 Å². The summed E-state index contributed by atoms with van der Waals surface area (Å²) in [5.41, 5.74) is 1.89. The molecule has 0 saturated carbocycles. The molecule has 0 aliphatic rings. The number of imidazole rings is 1. The zero-order chi connectivity index (χ0) is 14.7. The van der Waals surface area contributed by atoms with Crippen molar-refractivity contribution in [1.82, 2.24) is 9.97 Å². The van der Waals surface area contributed by atoms with E-state index in [1.54, 1.807) is 13.3 Å². The highest BCUT2D eigenvalue weighted by Gasteiger charge is 2.18. The molecule has 4 nitrogen and oxygen atoms in total. The van der Waals surface area contributed by atoms with Gasteiger partial charge in [-0.25, -0.2) is 4.98 Å². The molecule has 1 unspecified atom stereocenters. The summed E-state index contributed by atoms with van der Waals surface area (Å²) in [5, 5.41) is 9.21. The number of methoxy groups -OCH3 is 1. The first-order chi connectivity index (χ1) is 9.56. The zero-order valence-electron chi connectivity index (χ0n) is 11.6. The molecule has 1 N–H and O–H groups in total. The van der Waals surface area contributed by atoms with Gasteiger partial charge >= 0.3 is 0 Å². The smallest absolute Gasteiger partial charge is 0.133 e. The number of nitrogens with zero attached hydrogens (tertiary/aromatic N) is 2. The van der Waals surface area contributed by atoms with Gasteiger partial charge in [0.1, 0.15) is 17.5 Å². The zero-order valence-corrected chi connectivity index (χ0v) is 13.2. The molecule has 0 aliphatic heterocycles. The van der Waals surface area contributed by atoms with E-state index in [1.165, 1.54) is 0 Å². The molecule has 0 spiro atoms. The monoisotopic (exact) mass is 333 g/mol. The number of halogens is 1. The van der Waals surface area contributed by atoms with Crippen LogP contribution in [0.4, 0.5) is 0 Å². The topological polar surface area (TPSA) is 61.7 Å². The number of benzene rings is 1. The second kappa shape index (κ2) is 6.10. The summed E-state index contributed by atoms with van der Waals surface area (Å²) in [6.07, 6.45) is 1.76. The summed E-state index contributed by atoms with van der Waals surface area (Å²) in [7, 11) is 1.63. The fourth-order valence-electron chi connectivity index (χ4n) is 2.00. The van der Waals surface area contributed by atoms with Crippen molar-refractivity contribution in [3.05, 3.63) is 34.7 Å². The van der Waals surface area contributed by atoms with Crippen molar-refractivity contribution in [2.24, 2.45) is 5.92 Å². The minimum Gasteiger partial charge on any atom is -0.496 e. The molecular weight excluding hydrogens is 318 g/mol. The molecule has 1 atom stereocenters. The highest BCUT2D eigenvalue weighted by Crippen LogP contribution is 2.31. The summed E-state index contributed by atoms with van der Waals surface area (Å²) in [6, 6.07) is 8.10. The van der Waals surface area contributed by atoms with E-state index in [9.17, 15) is 5.26 Å². The number of aromatic amines is 1. The summed E-state index contributed by atoms with van der Waals surface area (Å²) in [6.45, 7) is 4.03. The number of nitriles is 1. The van der Waals surface area contributed by atoms with Gasteiger partial charge < -0.3 is 9.72 Å². The van der Waals surface area contributed by atoms with Crippen molar-refractivity contribution in [1.29, 1.82) is 5.26 Å². The molecule has 2 rings (SSSR count). The van der Waals surface area contributed by atoms with Crippen LogP contribution in [-0.4, -0.2) is 17.1 Å². The second-order valence-corrected chi connectivity index (χ2v) is 5.74. The van der Waals surface area contributed by atoms with Crippen molar-refractivity contribution in [2.45, 2.75) is 19.8 Å². The molecule has 1 heterocycles. The van der Waals surface area contributed by atoms with Crippen LogP contribution in [0.5, 0.6) is 5.75 Å². The number of hydrogen-bond acceptors (Lipinski definition) is 3. The van der Waals surface area contributed by atoms with Gasteiger partial charge in [-0.1, -0.05) is 13.8 Å². The van der Waals surface area contributed by atoms with Crippen molar-refractivity contribution < 1.29 is 4.74 Å². The van der Waals surface area contributed by atoms with Gasteiger partial charge in [-0.2, -0.15) is 5.26 Å². The lowest BCUT2D eigenvalue weighted by Gasteiger charge is -2.09. The van der Waals surface area contributed by atoms with Gasteiger partial charge in [-0.3, -0.25) is 0 Å². The molecule has 0 bridgehead atoms.